The molecule has 0 saturated carbocycles. The minimum absolute atomic E-state index is 0.0471. The first-order chi connectivity index (χ1) is 9.92. The molecule has 21 heavy (non-hydrogen) atoms. The van der Waals surface area contributed by atoms with Gasteiger partial charge in [-0.05, 0) is 17.7 Å². The monoisotopic (exact) mass is 332 g/mol. The van der Waals surface area contributed by atoms with Gasteiger partial charge in [0, 0.05) is 24.1 Å². The number of hydrogen-bond acceptors (Lipinski definition) is 2. The minimum Gasteiger partial charge on any atom is -0.495 e. The molecule has 0 amide bonds. The van der Waals surface area contributed by atoms with Crippen LogP contribution in [0, 0.1) is 11.6 Å². The molecule has 6 heteroatoms. The summed E-state index contributed by atoms with van der Waals surface area (Å²) >= 11 is 12.0. The molecule has 2 rings (SSSR count). The van der Waals surface area contributed by atoms with Crippen molar-refractivity contribution in [3.8, 4) is 5.75 Å². The highest BCUT2D eigenvalue weighted by atomic mass is 35.5. The molecular weight excluding hydrogens is 321 g/mol. The summed E-state index contributed by atoms with van der Waals surface area (Å²) in [6.07, 6.45) is -1.12. The van der Waals surface area contributed by atoms with Crippen molar-refractivity contribution in [1.82, 2.24) is 0 Å². The van der Waals surface area contributed by atoms with Gasteiger partial charge >= 0.3 is 0 Å². The molecule has 1 atom stereocenters. The predicted molar refractivity (Wildman–Crippen MR) is 78.0 cm³/mol. The van der Waals surface area contributed by atoms with Gasteiger partial charge in [0.1, 0.15) is 17.4 Å². The number of rotatable bonds is 4. The van der Waals surface area contributed by atoms with E-state index in [9.17, 15) is 13.9 Å². The average Bonchev–Trinajstić information content (AvgIpc) is 2.43. The van der Waals surface area contributed by atoms with Crippen LogP contribution >= 0.6 is 23.2 Å². The first kappa shape index (κ1) is 16.0. The van der Waals surface area contributed by atoms with Crippen LogP contribution in [-0.4, -0.2) is 12.2 Å². The molecule has 0 aromatic heterocycles. The zero-order valence-electron chi connectivity index (χ0n) is 11.0. The van der Waals surface area contributed by atoms with Gasteiger partial charge in [0.2, 0.25) is 0 Å². The van der Waals surface area contributed by atoms with Crippen LogP contribution in [0.3, 0.4) is 0 Å². The average molecular weight is 333 g/mol. The van der Waals surface area contributed by atoms with Gasteiger partial charge in [-0.15, -0.1) is 0 Å². The zero-order chi connectivity index (χ0) is 15.6. The molecule has 0 bridgehead atoms. The summed E-state index contributed by atoms with van der Waals surface area (Å²) in [6, 6.07) is 6.13. The summed E-state index contributed by atoms with van der Waals surface area (Å²) in [4.78, 5) is 0. The SMILES string of the molecule is COc1cc(Cl)c(C(O)Cc2ccc(F)cc2F)cc1Cl. The van der Waals surface area contributed by atoms with Crippen molar-refractivity contribution < 1.29 is 18.6 Å². The van der Waals surface area contributed by atoms with E-state index >= 15 is 0 Å². The number of aliphatic hydroxyl groups excluding tert-OH is 1. The molecule has 0 spiro atoms. The van der Waals surface area contributed by atoms with E-state index in [-0.39, 0.29) is 22.0 Å². The molecule has 2 nitrogen and oxygen atoms in total. The fourth-order valence-corrected chi connectivity index (χ4v) is 2.49. The Morgan fingerprint density at radius 3 is 2.48 bits per heavy atom. The maximum atomic E-state index is 13.6. The minimum atomic E-state index is -1.07. The van der Waals surface area contributed by atoms with E-state index in [1.54, 1.807) is 0 Å². The Labute approximate surface area is 130 Å². The summed E-state index contributed by atoms with van der Waals surface area (Å²) in [5.41, 5.74) is 0.540. The van der Waals surface area contributed by atoms with Gasteiger partial charge in [0.25, 0.3) is 0 Å². The standard InChI is InChI=1S/C15H12Cl2F2O2/c1-21-15-7-11(16)10(6-12(15)17)14(20)4-8-2-3-9(18)5-13(8)19/h2-3,5-7,14,20H,4H2,1H3. The molecule has 0 aliphatic rings. The maximum absolute atomic E-state index is 13.6. The second-order valence-electron chi connectivity index (χ2n) is 4.46. The third-order valence-electron chi connectivity index (χ3n) is 3.06. The van der Waals surface area contributed by atoms with Gasteiger partial charge in [-0.1, -0.05) is 29.3 Å². The van der Waals surface area contributed by atoms with Gasteiger partial charge in [-0.3, -0.25) is 0 Å². The van der Waals surface area contributed by atoms with Crippen LogP contribution in [0.2, 0.25) is 10.0 Å². The third-order valence-corrected chi connectivity index (χ3v) is 3.68. The Kier molecular flexibility index (Phi) is 5.04. The molecule has 2 aromatic carbocycles. The smallest absolute Gasteiger partial charge is 0.138 e. The Hall–Kier alpha value is -1.36. The second kappa shape index (κ2) is 6.60. The van der Waals surface area contributed by atoms with Gasteiger partial charge < -0.3 is 9.84 Å². The highest BCUT2D eigenvalue weighted by Gasteiger charge is 2.17. The summed E-state index contributed by atoms with van der Waals surface area (Å²) in [5.74, 6) is -1.01. The lowest BCUT2D eigenvalue weighted by molar-refractivity contribution is 0.177. The van der Waals surface area contributed by atoms with E-state index in [2.05, 4.69) is 0 Å². The molecule has 0 saturated heterocycles. The van der Waals surface area contributed by atoms with Crippen LogP contribution in [-0.2, 0) is 6.42 Å². The second-order valence-corrected chi connectivity index (χ2v) is 5.28. The van der Waals surface area contributed by atoms with E-state index in [1.807, 2.05) is 0 Å². The summed E-state index contributed by atoms with van der Waals surface area (Å²) in [7, 11) is 1.45. The van der Waals surface area contributed by atoms with E-state index in [4.69, 9.17) is 27.9 Å². The molecule has 0 radical (unpaired) electrons. The Morgan fingerprint density at radius 2 is 1.86 bits per heavy atom. The van der Waals surface area contributed by atoms with E-state index < -0.39 is 17.7 Å². The Morgan fingerprint density at radius 1 is 1.14 bits per heavy atom. The number of benzene rings is 2. The maximum Gasteiger partial charge on any atom is 0.138 e. The fraction of sp³-hybridized carbons (Fsp3) is 0.200. The number of methoxy groups -OCH3 is 1. The first-order valence-electron chi connectivity index (χ1n) is 6.07. The fourth-order valence-electron chi connectivity index (χ4n) is 1.96. The van der Waals surface area contributed by atoms with Crippen LogP contribution in [0.25, 0.3) is 0 Å². The lowest BCUT2D eigenvalue weighted by Gasteiger charge is -2.15. The van der Waals surface area contributed by atoms with Gasteiger partial charge in [0.05, 0.1) is 23.3 Å². The largest absolute Gasteiger partial charge is 0.495 e. The highest BCUT2D eigenvalue weighted by Crippen LogP contribution is 2.35. The van der Waals surface area contributed by atoms with Gasteiger partial charge in [-0.25, -0.2) is 8.78 Å². The summed E-state index contributed by atoms with van der Waals surface area (Å²) in [5, 5.41) is 10.7. The summed E-state index contributed by atoms with van der Waals surface area (Å²) in [6.45, 7) is 0. The molecule has 0 aliphatic heterocycles. The van der Waals surface area contributed by atoms with E-state index in [0.29, 0.717) is 11.3 Å². The van der Waals surface area contributed by atoms with E-state index in [1.165, 1.54) is 25.3 Å². The van der Waals surface area contributed by atoms with Crippen molar-refractivity contribution in [3.63, 3.8) is 0 Å². The molecule has 0 heterocycles. The molecular formula is C15H12Cl2F2O2. The molecule has 0 fully saturated rings. The molecule has 2 aromatic rings. The van der Waals surface area contributed by atoms with Crippen LogP contribution in [0.5, 0.6) is 5.75 Å². The van der Waals surface area contributed by atoms with Crippen molar-refractivity contribution in [3.05, 3.63) is 63.1 Å². The van der Waals surface area contributed by atoms with E-state index in [0.717, 1.165) is 12.1 Å². The molecule has 112 valence electrons. The van der Waals surface area contributed by atoms with Gasteiger partial charge in [0.15, 0.2) is 0 Å². The quantitative estimate of drug-likeness (QED) is 0.889. The van der Waals surface area contributed by atoms with Crippen molar-refractivity contribution in [2.24, 2.45) is 0 Å². The first-order valence-corrected chi connectivity index (χ1v) is 6.83. The van der Waals surface area contributed by atoms with Crippen molar-refractivity contribution in [2.45, 2.75) is 12.5 Å². The van der Waals surface area contributed by atoms with Crippen LogP contribution < -0.4 is 4.74 Å². The zero-order valence-corrected chi connectivity index (χ0v) is 12.6. The molecule has 1 unspecified atom stereocenters. The van der Waals surface area contributed by atoms with Crippen molar-refractivity contribution in [1.29, 1.82) is 0 Å². The van der Waals surface area contributed by atoms with Gasteiger partial charge in [-0.2, -0.15) is 0 Å². The van der Waals surface area contributed by atoms with Crippen LogP contribution in [0.1, 0.15) is 17.2 Å². The Bertz CT molecular complexity index is 662. The normalized spacial score (nSPS) is 12.3. The molecule has 1 N–H and O–H groups in total. The Balaban J connectivity index is 2.28. The topological polar surface area (TPSA) is 29.5 Å². The van der Waals surface area contributed by atoms with Crippen LogP contribution in [0.4, 0.5) is 8.78 Å². The highest BCUT2D eigenvalue weighted by molar-refractivity contribution is 6.34. The predicted octanol–water partition coefficient (Wildman–Crippen LogP) is 4.56. The van der Waals surface area contributed by atoms with Crippen molar-refractivity contribution >= 4 is 23.2 Å². The summed E-state index contributed by atoms with van der Waals surface area (Å²) < 4.78 is 31.5. The lowest BCUT2D eigenvalue weighted by atomic mass is 10.0. The number of hydrogen-bond donors (Lipinski definition) is 1. The lowest BCUT2D eigenvalue weighted by Crippen LogP contribution is -2.05. The van der Waals surface area contributed by atoms with Crippen LogP contribution in [0.15, 0.2) is 30.3 Å². The number of halogens is 4. The molecule has 0 aliphatic carbocycles. The number of aliphatic hydroxyl groups is 1. The third kappa shape index (κ3) is 3.64. The number of ether oxygens (including phenoxy) is 1. The van der Waals surface area contributed by atoms with Crippen molar-refractivity contribution in [2.75, 3.05) is 7.11 Å².